The molecular formula is C8H18I-. The summed E-state index contributed by atoms with van der Waals surface area (Å²) in [6.07, 6.45) is 2.86. The van der Waals surface area contributed by atoms with Crippen molar-refractivity contribution in [2.75, 3.05) is 9.36 Å². The Bertz CT molecular complexity index is 61.5. The number of hydrogen-bond donors (Lipinski definition) is 0. The molecule has 0 aliphatic heterocycles. The average molecular weight is 241 g/mol. The third-order valence-electron chi connectivity index (χ3n) is 1.25. The van der Waals surface area contributed by atoms with E-state index in [0.717, 1.165) is 0 Å². The Kier molecular flexibility index (Phi) is 4.90. The Morgan fingerprint density at radius 2 is 1.78 bits per heavy atom. The van der Waals surface area contributed by atoms with Crippen LogP contribution < -0.4 is 21.2 Å². The summed E-state index contributed by atoms with van der Waals surface area (Å²) in [7, 11) is 0. The molecule has 0 aromatic heterocycles. The molecule has 9 heavy (non-hydrogen) atoms. The predicted molar refractivity (Wildman–Crippen MR) is 39.5 cm³/mol. The molecule has 0 radical (unpaired) electrons. The second kappa shape index (κ2) is 4.53. The summed E-state index contributed by atoms with van der Waals surface area (Å²) in [5, 5.41) is 0. The van der Waals surface area contributed by atoms with Gasteiger partial charge in [0.25, 0.3) is 0 Å². The number of halogens is 1. The van der Waals surface area contributed by atoms with Crippen molar-refractivity contribution < 1.29 is 21.2 Å². The minimum absolute atomic E-state index is 0.553. The molecule has 0 aromatic carbocycles. The molecule has 1 heteroatoms. The van der Waals surface area contributed by atoms with Gasteiger partial charge >= 0.3 is 69.6 Å². The maximum absolute atomic E-state index is 2.36. The first-order valence-corrected chi connectivity index (χ1v) is 7.18. The van der Waals surface area contributed by atoms with Crippen LogP contribution in [-0.2, 0) is 0 Å². The summed E-state index contributed by atoms with van der Waals surface area (Å²) in [4.78, 5) is 2.36. The molecule has 0 fully saturated rings. The van der Waals surface area contributed by atoms with E-state index in [1.54, 1.807) is 0 Å². The summed E-state index contributed by atoms with van der Waals surface area (Å²) in [6, 6.07) is 0. The van der Waals surface area contributed by atoms with Crippen LogP contribution in [0, 0.1) is 5.41 Å². The average Bonchev–Trinajstić information content (AvgIpc) is 1.63. The van der Waals surface area contributed by atoms with Gasteiger partial charge < -0.3 is 0 Å². The molecule has 0 aliphatic carbocycles. The number of alkyl halides is 2. The fourth-order valence-electron chi connectivity index (χ4n) is 0.731. The van der Waals surface area contributed by atoms with Crippen molar-refractivity contribution in [2.24, 2.45) is 5.41 Å². The normalized spacial score (nSPS) is 12.4. The van der Waals surface area contributed by atoms with E-state index in [0.29, 0.717) is 26.6 Å². The Hall–Kier alpha value is 0.730. The SMILES string of the molecule is C[I-]CCCC(C)(C)C. The monoisotopic (exact) mass is 241 g/mol. The molecule has 0 amide bonds. The van der Waals surface area contributed by atoms with Gasteiger partial charge in [-0.15, -0.1) is 0 Å². The molecule has 0 unspecified atom stereocenters. The molecule has 0 heterocycles. The van der Waals surface area contributed by atoms with Crippen LogP contribution in [-0.4, -0.2) is 9.36 Å². The van der Waals surface area contributed by atoms with Crippen LogP contribution in [0.2, 0.25) is 0 Å². The first-order chi connectivity index (χ1) is 4.06. The van der Waals surface area contributed by atoms with Crippen LogP contribution in [0.4, 0.5) is 0 Å². The molecule has 0 aromatic rings. The molecule has 0 rings (SSSR count). The Balaban J connectivity index is 3.07. The molecule has 58 valence electrons. The van der Waals surface area contributed by atoms with Crippen LogP contribution in [0.15, 0.2) is 0 Å². The van der Waals surface area contributed by atoms with E-state index in [1.165, 1.54) is 17.3 Å². The zero-order valence-corrected chi connectivity index (χ0v) is 9.16. The summed E-state index contributed by atoms with van der Waals surface area (Å²) >= 11 is 0.553. The topological polar surface area (TPSA) is 0 Å². The molecule has 0 atom stereocenters. The Labute approximate surface area is 69.7 Å². The molecule has 0 bridgehead atoms. The van der Waals surface area contributed by atoms with E-state index < -0.39 is 0 Å². The van der Waals surface area contributed by atoms with Gasteiger partial charge in [-0.05, 0) is 0 Å². The van der Waals surface area contributed by atoms with Gasteiger partial charge in [0, 0.05) is 0 Å². The standard InChI is InChI=1S/C8H18I/c1-8(2,3)6-5-7-9-4/h5-7H2,1-4H3/q-1. The summed E-state index contributed by atoms with van der Waals surface area (Å²) in [5.74, 6) is 0. The van der Waals surface area contributed by atoms with Crippen LogP contribution in [0.25, 0.3) is 0 Å². The number of hydrogen-bond acceptors (Lipinski definition) is 0. The first kappa shape index (κ1) is 9.73. The molecule has 0 N–H and O–H groups in total. The van der Waals surface area contributed by atoms with Gasteiger partial charge in [0.05, 0.1) is 0 Å². The van der Waals surface area contributed by atoms with Gasteiger partial charge in [-0.3, -0.25) is 0 Å². The van der Waals surface area contributed by atoms with Crippen molar-refractivity contribution in [1.29, 1.82) is 0 Å². The summed E-state index contributed by atoms with van der Waals surface area (Å²) < 4.78 is 1.51. The minimum atomic E-state index is 0.553. The van der Waals surface area contributed by atoms with Gasteiger partial charge in [0.1, 0.15) is 0 Å². The van der Waals surface area contributed by atoms with Crippen LogP contribution in [0.3, 0.4) is 0 Å². The zero-order valence-electron chi connectivity index (χ0n) is 7.00. The van der Waals surface area contributed by atoms with Crippen molar-refractivity contribution in [3.63, 3.8) is 0 Å². The van der Waals surface area contributed by atoms with Crippen LogP contribution in [0.5, 0.6) is 0 Å². The van der Waals surface area contributed by atoms with Crippen molar-refractivity contribution in [3.05, 3.63) is 0 Å². The second-order valence-electron chi connectivity index (χ2n) is 3.62. The third-order valence-corrected chi connectivity index (χ3v) is 3.09. The van der Waals surface area contributed by atoms with E-state index in [2.05, 4.69) is 25.7 Å². The Morgan fingerprint density at radius 3 is 2.11 bits per heavy atom. The predicted octanol–water partition coefficient (Wildman–Crippen LogP) is -0.468. The summed E-state index contributed by atoms with van der Waals surface area (Å²) in [5.41, 5.74) is 0.568. The molecule has 0 saturated heterocycles. The van der Waals surface area contributed by atoms with E-state index in [9.17, 15) is 0 Å². The fraction of sp³-hybridized carbons (Fsp3) is 1.00. The molecule has 0 spiro atoms. The van der Waals surface area contributed by atoms with Gasteiger partial charge in [-0.2, -0.15) is 0 Å². The van der Waals surface area contributed by atoms with Gasteiger partial charge in [-0.1, -0.05) is 0 Å². The van der Waals surface area contributed by atoms with Crippen LogP contribution >= 0.6 is 0 Å². The van der Waals surface area contributed by atoms with E-state index in [4.69, 9.17) is 0 Å². The fourth-order valence-corrected chi connectivity index (χ4v) is 1.87. The first-order valence-electron chi connectivity index (χ1n) is 3.50. The third kappa shape index (κ3) is 8.73. The number of rotatable bonds is 3. The molecule has 0 aliphatic rings. The molecular weight excluding hydrogens is 223 g/mol. The van der Waals surface area contributed by atoms with E-state index in [-0.39, 0.29) is 0 Å². The Morgan fingerprint density at radius 1 is 1.22 bits per heavy atom. The van der Waals surface area contributed by atoms with Crippen molar-refractivity contribution in [2.45, 2.75) is 33.6 Å². The molecule has 0 nitrogen and oxygen atoms in total. The van der Waals surface area contributed by atoms with Gasteiger partial charge in [0.2, 0.25) is 0 Å². The van der Waals surface area contributed by atoms with Gasteiger partial charge in [-0.25, -0.2) is 0 Å². The van der Waals surface area contributed by atoms with Crippen molar-refractivity contribution in [3.8, 4) is 0 Å². The quantitative estimate of drug-likeness (QED) is 0.356. The zero-order chi connectivity index (χ0) is 7.33. The summed E-state index contributed by atoms with van der Waals surface area (Å²) in [6.45, 7) is 6.96. The molecule has 0 saturated carbocycles. The van der Waals surface area contributed by atoms with Crippen LogP contribution in [0.1, 0.15) is 33.6 Å². The van der Waals surface area contributed by atoms with E-state index >= 15 is 0 Å². The van der Waals surface area contributed by atoms with Crippen molar-refractivity contribution in [1.82, 2.24) is 0 Å². The maximum atomic E-state index is 2.36. The second-order valence-corrected chi connectivity index (χ2v) is 6.22. The van der Waals surface area contributed by atoms with Crippen molar-refractivity contribution >= 4 is 0 Å². The van der Waals surface area contributed by atoms with Gasteiger partial charge in [0.15, 0.2) is 0 Å². The van der Waals surface area contributed by atoms with E-state index in [1.807, 2.05) is 0 Å².